The van der Waals surface area contributed by atoms with E-state index in [-0.39, 0.29) is 0 Å². The Morgan fingerprint density at radius 1 is 0.895 bits per heavy atom. The van der Waals surface area contributed by atoms with Crippen LogP contribution in [0.15, 0.2) is 30.3 Å². The van der Waals surface area contributed by atoms with E-state index < -0.39 is 0 Å². The molecule has 0 spiro atoms. The first-order valence-electron chi connectivity index (χ1n) is 6.33. The van der Waals surface area contributed by atoms with E-state index >= 15 is 0 Å². The van der Waals surface area contributed by atoms with Gasteiger partial charge in [0.2, 0.25) is 0 Å². The van der Waals surface area contributed by atoms with Crippen LogP contribution in [0.25, 0.3) is 0 Å². The Bertz CT molecular complexity index is 627. The Morgan fingerprint density at radius 3 is 2.32 bits per heavy atom. The van der Waals surface area contributed by atoms with Gasteiger partial charge in [-0.2, -0.15) is 0 Å². The lowest BCUT2D eigenvalue weighted by Crippen LogP contribution is -1.95. The van der Waals surface area contributed by atoms with E-state index in [1.807, 2.05) is 45.0 Å². The molecule has 0 saturated heterocycles. The van der Waals surface area contributed by atoms with Crippen LogP contribution in [0.3, 0.4) is 0 Å². The molecule has 0 aliphatic heterocycles. The molecule has 0 N–H and O–H groups in total. The van der Waals surface area contributed by atoms with Gasteiger partial charge in [0.25, 0.3) is 0 Å². The Kier molecular flexibility index (Phi) is 3.70. The minimum atomic E-state index is 0.582. The lowest BCUT2D eigenvalue weighted by atomic mass is 10.1. The minimum Gasteiger partial charge on any atom is -0.456 e. The molecule has 0 heterocycles. The Morgan fingerprint density at radius 2 is 1.63 bits per heavy atom. The highest BCUT2D eigenvalue weighted by molar-refractivity contribution is 5.80. The molecule has 0 saturated carbocycles. The van der Waals surface area contributed by atoms with Crippen molar-refractivity contribution in [3.63, 3.8) is 0 Å². The van der Waals surface area contributed by atoms with Gasteiger partial charge in [-0.1, -0.05) is 17.7 Å². The highest BCUT2D eigenvalue weighted by Crippen LogP contribution is 2.30. The lowest BCUT2D eigenvalue weighted by Gasteiger charge is -2.13. The summed E-state index contributed by atoms with van der Waals surface area (Å²) in [6.45, 7) is 8.08. The van der Waals surface area contributed by atoms with E-state index in [1.165, 1.54) is 5.56 Å². The van der Waals surface area contributed by atoms with E-state index in [0.29, 0.717) is 11.3 Å². The van der Waals surface area contributed by atoms with E-state index in [2.05, 4.69) is 13.0 Å². The summed E-state index contributed by atoms with van der Waals surface area (Å²) >= 11 is 0. The maximum atomic E-state index is 11.1. The van der Waals surface area contributed by atoms with Gasteiger partial charge >= 0.3 is 0 Å². The lowest BCUT2D eigenvalue weighted by molar-refractivity contribution is 0.112. The molecule has 0 aliphatic rings. The van der Waals surface area contributed by atoms with Crippen LogP contribution in [-0.4, -0.2) is 6.29 Å². The molecule has 0 unspecified atom stereocenters. The molecule has 98 valence electrons. The number of carbonyl (C=O) groups is 1. The van der Waals surface area contributed by atoms with Crippen LogP contribution in [0.4, 0.5) is 0 Å². The monoisotopic (exact) mass is 254 g/mol. The second kappa shape index (κ2) is 5.27. The van der Waals surface area contributed by atoms with Crippen LogP contribution in [0.1, 0.15) is 32.6 Å². The van der Waals surface area contributed by atoms with Crippen molar-refractivity contribution >= 4 is 6.29 Å². The van der Waals surface area contributed by atoms with Crippen molar-refractivity contribution in [2.45, 2.75) is 27.7 Å². The van der Waals surface area contributed by atoms with Crippen LogP contribution in [-0.2, 0) is 0 Å². The van der Waals surface area contributed by atoms with E-state index in [1.54, 1.807) is 0 Å². The third-order valence-corrected chi connectivity index (χ3v) is 3.28. The quantitative estimate of drug-likeness (QED) is 0.752. The smallest absolute Gasteiger partial charge is 0.153 e. The van der Waals surface area contributed by atoms with E-state index in [4.69, 9.17) is 4.74 Å². The molecular formula is C17H18O2. The summed E-state index contributed by atoms with van der Waals surface area (Å²) in [6, 6.07) is 9.74. The number of aryl methyl sites for hydroxylation is 3. The third kappa shape index (κ3) is 2.84. The highest BCUT2D eigenvalue weighted by atomic mass is 16.5. The van der Waals surface area contributed by atoms with Crippen molar-refractivity contribution in [2.75, 3.05) is 0 Å². The third-order valence-electron chi connectivity index (χ3n) is 3.28. The van der Waals surface area contributed by atoms with Crippen molar-refractivity contribution in [1.29, 1.82) is 0 Å². The van der Waals surface area contributed by atoms with Gasteiger partial charge in [-0.25, -0.2) is 0 Å². The number of hydrogen-bond donors (Lipinski definition) is 0. The molecule has 2 nitrogen and oxygen atoms in total. The number of ether oxygens (including phenoxy) is 1. The fraction of sp³-hybridized carbons (Fsp3) is 0.235. The summed E-state index contributed by atoms with van der Waals surface area (Å²) in [5.74, 6) is 1.41. The first kappa shape index (κ1) is 13.3. The second-order valence-corrected chi connectivity index (χ2v) is 4.97. The van der Waals surface area contributed by atoms with Gasteiger partial charge in [0.1, 0.15) is 11.5 Å². The summed E-state index contributed by atoms with van der Waals surface area (Å²) in [5.41, 5.74) is 5.07. The van der Waals surface area contributed by atoms with Crippen molar-refractivity contribution < 1.29 is 9.53 Å². The number of carbonyl (C=O) groups excluding carboxylic acids is 1. The largest absolute Gasteiger partial charge is 0.456 e. The molecule has 2 aromatic rings. The average molecular weight is 254 g/mol. The molecule has 2 aromatic carbocycles. The molecule has 0 atom stereocenters. The van der Waals surface area contributed by atoms with Crippen molar-refractivity contribution in [3.05, 3.63) is 58.1 Å². The number of benzene rings is 2. The molecule has 0 aromatic heterocycles. The Hall–Kier alpha value is -2.09. The summed E-state index contributed by atoms with van der Waals surface area (Å²) in [6.07, 6.45) is 0.834. The maximum Gasteiger partial charge on any atom is 0.153 e. The summed E-state index contributed by atoms with van der Waals surface area (Å²) in [7, 11) is 0. The number of rotatable bonds is 3. The van der Waals surface area contributed by atoms with Gasteiger partial charge in [0.15, 0.2) is 6.29 Å². The molecule has 2 rings (SSSR count). The summed E-state index contributed by atoms with van der Waals surface area (Å²) in [4.78, 5) is 11.1. The zero-order chi connectivity index (χ0) is 14.0. The SMILES string of the molecule is Cc1ccc(Oc2cc(C)cc(C)c2C)c(C=O)c1. The van der Waals surface area contributed by atoms with Gasteiger partial charge in [0.05, 0.1) is 5.56 Å². The minimum absolute atomic E-state index is 0.582. The standard InChI is InChI=1S/C17H18O2/c1-11-5-6-16(15(8-11)10-18)19-17-9-12(2)7-13(3)14(17)4/h5-10H,1-4H3. The van der Waals surface area contributed by atoms with Gasteiger partial charge in [0, 0.05) is 0 Å². The molecule has 0 radical (unpaired) electrons. The van der Waals surface area contributed by atoms with Gasteiger partial charge in [-0.3, -0.25) is 4.79 Å². The van der Waals surface area contributed by atoms with Crippen LogP contribution in [0, 0.1) is 27.7 Å². The molecule has 0 fully saturated rings. The van der Waals surface area contributed by atoms with E-state index in [9.17, 15) is 4.79 Å². The summed E-state index contributed by atoms with van der Waals surface area (Å²) < 4.78 is 5.92. The number of hydrogen-bond acceptors (Lipinski definition) is 2. The second-order valence-electron chi connectivity index (χ2n) is 4.97. The zero-order valence-corrected chi connectivity index (χ0v) is 11.8. The van der Waals surface area contributed by atoms with Crippen molar-refractivity contribution in [1.82, 2.24) is 0 Å². The van der Waals surface area contributed by atoms with Crippen molar-refractivity contribution in [2.24, 2.45) is 0 Å². The summed E-state index contributed by atoms with van der Waals surface area (Å²) in [5, 5.41) is 0. The first-order chi connectivity index (χ1) is 9.01. The molecule has 19 heavy (non-hydrogen) atoms. The molecule has 0 amide bonds. The molecule has 2 heteroatoms. The van der Waals surface area contributed by atoms with Gasteiger partial charge in [-0.05, 0) is 62.6 Å². The molecule has 0 aliphatic carbocycles. The highest BCUT2D eigenvalue weighted by Gasteiger charge is 2.08. The van der Waals surface area contributed by atoms with Gasteiger partial charge in [-0.15, -0.1) is 0 Å². The van der Waals surface area contributed by atoms with Crippen LogP contribution >= 0.6 is 0 Å². The number of aldehydes is 1. The zero-order valence-electron chi connectivity index (χ0n) is 11.8. The fourth-order valence-corrected chi connectivity index (χ4v) is 2.08. The fourth-order valence-electron chi connectivity index (χ4n) is 2.08. The Labute approximate surface area is 114 Å². The Balaban J connectivity index is 2.44. The molecule has 0 bridgehead atoms. The van der Waals surface area contributed by atoms with Crippen LogP contribution in [0.2, 0.25) is 0 Å². The average Bonchev–Trinajstić information content (AvgIpc) is 2.37. The predicted octanol–water partition coefficient (Wildman–Crippen LogP) is 4.53. The van der Waals surface area contributed by atoms with Gasteiger partial charge < -0.3 is 4.74 Å². The molecular weight excluding hydrogens is 236 g/mol. The maximum absolute atomic E-state index is 11.1. The van der Waals surface area contributed by atoms with Crippen molar-refractivity contribution in [3.8, 4) is 11.5 Å². The van der Waals surface area contributed by atoms with Crippen LogP contribution in [0.5, 0.6) is 11.5 Å². The normalized spacial score (nSPS) is 10.3. The first-order valence-corrected chi connectivity index (χ1v) is 6.33. The van der Waals surface area contributed by atoms with Crippen LogP contribution < -0.4 is 4.74 Å². The van der Waals surface area contributed by atoms with E-state index in [0.717, 1.165) is 28.7 Å². The topological polar surface area (TPSA) is 26.3 Å². The predicted molar refractivity (Wildman–Crippen MR) is 77.3 cm³/mol.